The Morgan fingerprint density at radius 1 is 0.829 bits per heavy atom. The number of likely N-dealkylation sites (N-methyl/N-ethyl adjacent to an activating group) is 2. The number of aromatic amines is 1. The molecule has 2 aromatic rings. The van der Waals surface area contributed by atoms with Crippen molar-refractivity contribution >= 4 is 58.2 Å². The van der Waals surface area contributed by atoms with Crippen LogP contribution in [0.3, 0.4) is 0 Å². The molecule has 0 radical (unpaired) electrons. The van der Waals surface area contributed by atoms with E-state index >= 15 is 0 Å². The number of rotatable bonds is 34. The van der Waals surface area contributed by atoms with Gasteiger partial charge in [0, 0.05) is 70.7 Å². The second-order valence-corrected chi connectivity index (χ2v) is 20.6. The van der Waals surface area contributed by atoms with Crippen LogP contribution in [0.1, 0.15) is 99.0 Å². The summed E-state index contributed by atoms with van der Waals surface area (Å²) in [5, 5.41) is 7.35. The lowest BCUT2D eigenvalue weighted by atomic mass is 9.89. The Bertz CT molecular complexity index is 2220. The normalized spacial score (nSPS) is 18.2. The van der Waals surface area contributed by atoms with Crippen molar-refractivity contribution in [1.82, 2.24) is 35.4 Å². The average molecular weight is 1070 g/mol. The maximum atomic E-state index is 14.6. The zero-order valence-electron chi connectivity index (χ0n) is 46.6. The molecule has 0 aliphatic carbocycles. The number of amides is 7. The number of methoxy groups -OCH3 is 2. The standard InChI is InChI=1S/C54H86N8O14/c1-12-35(6)49(42(71-10)31-45(65)61-22-15-18-41(61)50(72-11)36(7)52(68)57-40(51(55)67)30-37-32-56-39-17-14-13-16-38(37)39)60(9)54(70)47(33(2)3)58-53(69)48(34(4)5)59(8)23-25-74-27-29-75-28-26-73-24-21-46(66)76-62-43(63)19-20-44(62)64/h13-14,16-17,32-36,40-42,47-50,56H,12,15,18-31H2,1-11H3,(H2,55,67)(H,57,68)(H,58,69)/t35?,36?,40?,41-,42?,47?,48?,49?,50?/m0/s1. The monoisotopic (exact) mass is 1070 g/mol. The number of primary amides is 1. The third-order valence-corrected chi connectivity index (χ3v) is 14.6. The zero-order chi connectivity index (χ0) is 56.2. The number of fused-ring (bicyclic) bond motifs is 1. The van der Waals surface area contributed by atoms with E-state index in [4.69, 9.17) is 34.3 Å². The van der Waals surface area contributed by atoms with Crippen LogP contribution < -0.4 is 16.4 Å². The van der Waals surface area contributed by atoms with E-state index in [1.807, 2.05) is 77.8 Å². The first-order chi connectivity index (χ1) is 36.2. The van der Waals surface area contributed by atoms with Crippen LogP contribution in [0, 0.1) is 23.7 Å². The summed E-state index contributed by atoms with van der Waals surface area (Å²) in [6.07, 6.45) is 2.38. The third kappa shape index (κ3) is 17.5. The Hall–Kier alpha value is -5.52. The number of hydroxylamine groups is 2. The van der Waals surface area contributed by atoms with E-state index in [1.54, 1.807) is 30.0 Å². The maximum absolute atomic E-state index is 14.6. The van der Waals surface area contributed by atoms with E-state index in [1.165, 1.54) is 14.2 Å². The van der Waals surface area contributed by atoms with Crippen LogP contribution in [0.2, 0.25) is 0 Å². The largest absolute Gasteiger partial charge is 0.379 e. The fraction of sp³-hybridized carbons (Fsp3) is 0.704. The van der Waals surface area contributed by atoms with Crippen LogP contribution in [-0.2, 0) is 73.3 Å². The van der Waals surface area contributed by atoms with Gasteiger partial charge in [0.25, 0.3) is 11.8 Å². The van der Waals surface area contributed by atoms with Gasteiger partial charge in [0.1, 0.15) is 12.1 Å². The molecule has 22 nitrogen and oxygen atoms in total. The average Bonchev–Trinajstić information content (AvgIpc) is 4.12. The lowest BCUT2D eigenvalue weighted by Gasteiger charge is -2.41. The van der Waals surface area contributed by atoms with Crippen LogP contribution in [-0.4, -0.2) is 196 Å². The predicted octanol–water partition coefficient (Wildman–Crippen LogP) is 2.75. The van der Waals surface area contributed by atoms with Crippen molar-refractivity contribution in [2.75, 3.05) is 81.0 Å². The molecular formula is C54H86N8O14. The van der Waals surface area contributed by atoms with E-state index in [-0.39, 0.29) is 101 Å². The summed E-state index contributed by atoms with van der Waals surface area (Å²) in [5.41, 5.74) is 7.55. The van der Waals surface area contributed by atoms with Gasteiger partial charge in [-0.3, -0.25) is 38.5 Å². The number of imide groups is 1. The molecule has 4 rings (SSSR count). The molecule has 2 fully saturated rings. The maximum Gasteiger partial charge on any atom is 0.335 e. The van der Waals surface area contributed by atoms with E-state index in [0.29, 0.717) is 44.0 Å². The summed E-state index contributed by atoms with van der Waals surface area (Å²) in [6, 6.07) is 4.21. The molecule has 1 aromatic carbocycles. The van der Waals surface area contributed by atoms with Crippen molar-refractivity contribution in [2.24, 2.45) is 29.4 Å². The molecule has 0 spiro atoms. The van der Waals surface area contributed by atoms with Gasteiger partial charge in [-0.15, -0.1) is 5.06 Å². The number of ether oxygens (including phenoxy) is 5. The van der Waals surface area contributed by atoms with Gasteiger partial charge in [-0.25, -0.2) is 4.79 Å². The number of H-pyrrole nitrogens is 1. The van der Waals surface area contributed by atoms with Crippen LogP contribution in [0.25, 0.3) is 10.9 Å². The van der Waals surface area contributed by atoms with Gasteiger partial charge in [-0.1, -0.05) is 73.1 Å². The SMILES string of the molecule is CCC(C)C(C(CC(=O)N1CCC[C@H]1C(OC)C(C)C(=O)NC(Cc1c[nH]c2ccccc12)C(N)=O)OC)N(C)C(=O)C(NC(=O)C(C(C)C)N(C)CCOCCOCCOCCC(=O)ON1C(=O)CCC1=O)C(C)C. The van der Waals surface area contributed by atoms with Gasteiger partial charge in [0.05, 0.1) is 88.7 Å². The van der Waals surface area contributed by atoms with E-state index < -0.39 is 77.9 Å². The van der Waals surface area contributed by atoms with Gasteiger partial charge in [-0.05, 0) is 49.3 Å². The van der Waals surface area contributed by atoms with Gasteiger partial charge in [0.15, 0.2) is 0 Å². The fourth-order valence-electron chi connectivity index (χ4n) is 10.2. The predicted molar refractivity (Wildman–Crippen MR) is 282 cm³/mol. The topological polar surface area (TPSA) is 271 Å². The number of para-hydroxylation sites is 1. The van der Waals surface area contributed by atoms with Gasteiger partial charge in [0.2, 0.25) is 29.5 Å². The van der Waals surface area contributed by atoms with Crippen molar-refractivity contribution in [3.8, 4) is 0 Å². The Balaban J connectivity index is 1.29. The van der Waals surface area contributed by atoms with Crippen LogP contribution in [0.4, 0.5) is 0 Å². The molecule has 0 saturated carbocycles. The molecule has 3 heterocycles. The van der Waals surface area contributed by atoms with Crippen molar-refractivity contribution in [3.05, 3.63) is 36.0 Å². The second kappa shape index (κ2) is 31.0. The molecule has 9 atom stereocenters. The van der Waals surface area contributed by atoms with Gasteiger partial charge < -0.3 is 59.7 Å². The smallest absolute Gasteiger partial charge is 0.335 e. The summed E-state index contributed by atoms with van der Waals surface area (Å²) < 4.78 is 28.8. The van der Waals surface area contributed by atoms with Crippen LogP contribution in [0.15, 0.2) is 30.5 Å². The van der Waals surface area contributed by atoms with Crippen molar-refractivity contribution in [2.45, 2.75) is 142 Å². The first-order valence-corrected chi connectivity index (χ1v) is 26.7. The molecule has 0 bridgehead atoms. The number of nitrogens with zero attached hydrogens (tertiary/aromatic N) is 4. The summed E-state index contributed by atoms with van der Waals surface area (Å²) in [7, 11) is 6.56. The fourth-order valence-corrected chi connectivity index (χ4v) is 10.2. The van der Waals surface area contributed by atoms with E-state index in [2.05, 4.69) is 15.6 Å². The van der Waals surface area contributed by atoms with E-state index in [0.717, 1.165) is 16.5 Å². The molecule has 5 N–H and O–H groups in total. The molecule has 22 heteroatoms. The third-order valence-electron chi connectivity index (χ3n) is 14.6. The molecule has 2 aliphatic heterocycles. The van der Waals surface area contributed by atoms with Crippen LogP contribution >= 0.6 is 0 Å². The number of benzene rings is 1. The lowest BCUT2D eigenvalue weighted by molar-refractivity contribution is -0.198. The van der Waals surface area contributed by atoms with Crippen molar-refractivity contribution < 1.29 is 66.9 Å². The number of aromatic nitrogens is 1. The number of hydrogen-bond acceptors (Lipinski definition) is 15. The molecule has 2 saturated heterocycles. The Labute approximate surface area is 448 Å². The van der Waals surface area contributed by atoms with Crippen LogP contribution in [0.5, 0.6) is 0 Å². The number of carbonyl (C=O) groups is 8. The quantitative estimate of drug-likeness (QED) is 0.0580. The number of hydrogen-bond donors (Lipinski definition) is 4. The molecule has 7 amide bonds. The Morgan fingerprint density at radius 3 is 2.05 bits per heavy atom. The van der Waals surface area contributed by atoms with Crippen molar-refractivity contribution in [1.29, 1.82) is 0 Å². The zero-order valence-corrected chi connectivity index (χ0v) is 46.6. The lowest BCUT2D eigenvalue weighted by Crippen LogP contribution is -2.60. The number of nitrogens with one attached hydrogen (secondary N) is 3. The van der Waals surface area contributed by atoms with Crippen molar-refractivity contribution in [3.63, 3.8) is 0 Å². The highest BCUT2D eigenvalue weighted by atomic mass is 16.7. The number of nitrogens with two attached hydrogens (primary N) is 1. The first-order valence-electron chi connectivity index (χ1n) is 26.7. The van der Waals surface area contributed by atoms with Gasteiger partial charge >= 0.3 is 5.97 Å². The minimum absolute atomic E-state index is 0.0221. The number of likely N-dealkylation sites (tertiary alicyclic amines) is 1. The highest BCUT2D eigenvalue weighted by Crippen LogP contribution is 2.30. The summed E-state index contributed by atoms with van der Waals surface area (Å²) in [5.74, 6) is -5.02. The molecular weight excluding hydrogens is 985 g/mol. The molecule has 1 aromatic heterocycles. The summed E-state index contributed by atoms with van der Waals surface area (Å²) >= 11 is 0. The Morgan fingerprint density at radius 2 is 1.46 bits per heavy atom. The van der Waals surface area contributed by atoms with E-state index in [9.17, 15) is 38.4 Å². The van der Waals surface area contributed by atoms with Gasteiger partial charge in [-0.2, -0.15) is 0 Å². The molecule has 2 aliphatic rings. The summed E-state index contributed by atoms with van der Waals surface area (Å²) in [4.78, 5) is 118. The first kappa shape index (κ1) is 63.0. The second-order valence-electron chi connectivity index (χ2n) is 20.6. The minimum Gasteiger partial charge on any atom is -0.379 e. The summed E-state index contributed by atoms with van der Waals surface area (Å²) in [6.45, 7) is 15.6. The highest BCUT2D eigenvalue weighted by Gasteiger charge is 2.44. The Kier molecular flexibility index (Phi) is 25.7. The number of carbonyl (C=O) groups excluding carboxylic acids is 8. The molecule has 426 valence electrons. The minimum atomic E-state index is -0.980. The molecule has 8 unspecified atom stereocenters. The molecule has 76 heavy (non-hydrogen) atoms. The highest BCUT2D eigenvalue weighted by molar-refractivity contribution is 6.01.